The fourth-order valence-electron chi connectivity index (χ4n) is 3.09. The van der Waals surface area contributed by atoms with Crippen molar-refractivity contribution in [1.82, 2.24) is 4.90 Å². The first-order valence-corrected chi connectivity index (χ1v) is 8.06. The van der Waals surface area contributed by atoms with E-state index in [2.05, 4.69) is 0 Å². The van der Waals surface area contributed by atoms with Crippen LogP contribution in [0.3, 0.4) is 0 Å². The van der Waals surface area contributed by atoms with E-state index in [1.807, 2.05) is 6.26 Å². The predicted molar refractivity (Wildman–Crippen MR) is 71.7 cm³/mol. The van der Waals surface area contributed by atoms with E-state index >= 15 is 0 Å². The van der Waals surface area contributed by atoms with Crippen molar-refractivity contribution in [3.63, 3.8) is 0 Å². The quantitative estimate of drug-likeness (QED) is 0.772. The molecule has 2 amide bonds. The molecule has 19 heavy (non-hydrogen) atoms. The summed E-state index contributed by atoms with van der Waals surface area (Å²) < 4.78 is 0. The van der Waals surface area contributed by atoms with Crippen LogP contribution in [0.4, 0.5) is 0 Å². The third kappa shape index (κ3) is 2.63. The lowest BCUT2D eigenvalue weighted by molar-refractivity contribution is -0.155. The number of imide groups is 1. The van der Waals surface area contributed by atoms with E-state index in [0.717, 1.165) is 30.6 Å². The van der Waals surface area contributed by atoms with Crippen LogP contribution in [0.25, 0.3) is 0 Å². The monoisotopic (exact) mass is 285 g/mol. The molecular weight excluding hydrogens is 266 g/mol. The fraction of sp³-hybridized carbons (Fsp3) is 0.769. The second-order valence-electron chi connectivity index (χ2n) is 5.18. The normalized spacial score (nSPS) is 28.4. The SMILES string of the molecule is CSCC[C@H](C(=O)O)N1C(=O)[C@H]2CCCC[C@@H]2C1=O. The number of carbonyl (C=O) groups is 3. The molecule has 0 radical (unpaired) electrons. The zero-order valence-corrected chi connectivity index (χ0v) is 11.8. The van der Waals surface area contributed by atoms with Crippen LogP contribution in [0.1, 0.15) is 32.1 Å². The molecule has 1 saturated carbocycles. The Labute approximate surface area is 116 Å². The van der Waals surface area contributed by atoms with E-state index in [-0.39, 0.29) is 23.7 Å². The van der Waals surface area contributed by atoms with E-state index in [1.165, 1.54) is 11.8 Å². The highest BCUT2D eigenvalue weighted by Crippen LogP contribution is 2.39. The van der Waals surface area contributed by atoms with Crippen molar-refractivity contribution in [3.05, 3.63) is 0 Å². The molecule has 0 aromatic rings. The Morgan fingerprint density at radius 3 is 2.26 bits per heavy atom. The topological polar surface area (TPSA) is 74.7 Å². The maximum Gasteiger partial charge on any atom is 0.326 e. The highest BCUT2D eigenvalue weighted by Gasteiger charge is 2.51. The van der Waals surface area contributed by atoms with Gasteiger partial charge in [-0.1, -0.05) is 12.8 Å². The molecule has 1 heterocycles. The summed E-state index contributed by atoms with van der Waals surface area (Å²) >= 11 is 1.52. The second-order valence-corrected chi connectivity index (χ2v) is 6.17. The molecular formula is C13H19NO4S. The van der Waals surface area contributed by atoms with Crippen LogP contribution in [-0.2, 0) is 14.4 Å². The number of likely N-dealkylation sites (tertiary alicyclic amines) is 1. The number of carboxylic acids is 1. The maximum atomic E-state index is 12.3. The molecule has 0 aromatic carbocycles. The third-order valence-electron chi connectivity index (χ3n) is 4.07. The number of hydrogen-bond donors (Lipinski definition) is 1. The Hall–Kier alpha value is -1.04. The van der Waals surface area contributed by atoms with Gasteiger partial charge in [-0.15, -0.1) is 0 Å². The predicted octanol–water partition coefficient (Wildman–Crippen LogP) is 1.37. The minimum absolute atomic E-state index is 0.261. The molecule has 2 fully saturated rings. The van der Waals surface area contributed by atoms with Gasteiger partial charge < -0.3 is 5.11 Å². The van der Waals surface area contributed by atoms with Crippen LogP contribution < -0.4 is 0 Å². The standard InChI is InChI=1S/C13H19NO4S/c1-19-7-6-10(13(17)18)14-11(15)8-4-2-3-5-9(8)12(14)16/h8-10H,2-7H2,1H3,(H,17,18)/t8-,9-,10+/m0/s1. The minimum atomic E-state index is -1.07. The first-order chi connectivity index (χ1) is 9.07. The third-order valence-corrected chi connectivity index (χ3v) is 4.71. The molecule has 1 N–H and O–H groups in total. The number of thioether (sulfide) groups is 1. The summed E-state index contributed by atoms with van der Waals surface area (Å²) in [6.45, 7) is 0. The summed E-state index contributed by atoms with van der Waals surface area (Å²) in [7, 11) is 0. The number of fused-ring (bicyclic) bond motifs is 1. The van der Waals surface area contributed by atoms with Crippen LogP contribution in [-0.4, -0.2) is 45.8 Å². The van der Waals surface area contributed by atoms with E-state index in [9.17, 15) is 19.5 Å². The zero-order valence-electron chi connectivity index (χ0n) is 11.0. The largest absolute Gasteiger partial charge is 0.480 e. The molecule has 2 aliphatic rings. The molecule has 3 atom stereocenters. The summed E-state index contributed by atoms with van der Waals surface area (Å²) in [5, 5.41) is 9.27. The summed E-state index contributed by atoms with van der Waals surface area (Å²) in [5.41, 5.74) is 0. The first-order valence-electron chi connectivity index (χ1n) is 6.66. The lowest BCUT2D eigenvalue weighted by Gasteiger charge is -2.22. The smallest absolute Gasteiger partial charge is 0.326 e. The van der Waals surface area contributed by atoms with Crippen molar-refractivity contribution in [1.29, 1.82) is 0 Å². The van der Waals surface area contributed by atoms with E-state index < -0.39 is 12.0 Å². The van der Waals surface area contributed by atoms with E-state index in [4.69, 9.17) is 0 Å². The van der Waals surface area contributed by atoms with Gasteiger partial charge in [-0.25, -0.2) is 4.79 Å². The molecule has 5 nitrogen and oxygen atoms in total. The number of carboxylic acid groups (broad SMARTS) is 1. The van der Waals surface area contributed by atoms with Gasteiger partial charge in [0, 0.05) is 0 Å². The molecule has 0 bridgehead atoms. The molecule has 106 valence electrons. The highest BCUT2D eigenvalue weighted by atomic mass is 32.2. The van der Waals surface area contributed by atoms with Gasteiger partial charge in [0.1, 0.15) is 6.04 Å². The number of hydrogen-bond acceptors (Lipinski definition) is 4. The van der Waals surface area contributed by atoms with Gasteiger partial charge in [-0.2, -0.15) is 11.8 Å². The van der Waals surface area contributed by atoms with Crippen molar-refractivity contribution in [2.75, 3.05) is 12.0 Å². The van der Waals surface area contributed by atoms with Gasteiger partial charge >= 0.3 is 5.97 Å². The van der Waals surface area contributed by atoms with Crippen molar-refractivity contribution in [3.8, 4) is 0 Å². The van der Waals surface area contributed by atoms with Gasteiger partial charge in [0.25, 0.3) is 0 Å². The molecule has 1 aliphatic carbocycles. The molecule has 6 heteroatoms. The summed E-state index contributed by atoms with van der Waals surface area (Å²) in [4.78, 5) is 37.0. The number of carbonyl (C=O) groups excluding carboxylic acids is 2. The summed E-state index contributed by atoms with van der Waals surface area (Å²) in [6, 6.07) is -0.988. The summed E-state index contributed by atoms with van der Waals surface area (Å²) in [5.74, 6) is -1.50. The zero-order chi connectivity index (χ0) is 14.0. The van der Waals surface area contributed by atoms with E-state index in [1.54, 1.807) is 0 Å². The van der Waals surface area contributed by atoms with Gasteiger partial charge in [0.05, 0.1) is 11.8 Å². The van der Waals surface area contributed by atoms with Crippen LogP contribution in [0, 0.1) is 11.8 Å². The minimum Gasteiger partial charge on any atom is -0.480 e. The molecule has 0 unspecified atom stereocenters. The van der Waals surface area contributed by atoms with Gasteiger partial charge in [-0.05, 0) is 31.3 Å². The highest BCUT2D eigenvalue weighted by molar-refractivity contribution is 7.98. The van der Waals surface area contributed by atoms with Crippen LogP contribution in [0.5, 0.6) is 0 Å². The Bertz CT molecular complexity index is 374. The summed E-state index contributed by atoms with van der Waals surface area (Å²) in [6.07, 6.45) is 5.56. The fourth-order valence-corrected chi connectivity index (χ4v) is 3.55. The lowest BCUT2D eigenvalue weighted by atomic mass is 9.81. The molecule has 0 spiro atoms. The second kappa shape index (κ2) is 5.94. The van der Waals surface area contributed by atoms with Crippen molar-refractivity contribution in [2.45, 2.75) is 38.1 Å². The number of nitrogens with zero attached hydrogens (tertiary/aromatic N) is 1. The van der Waals surface area contributed by atoms with Crippen molar-refractivity contribution in [2.24, 2.45) is 11.8 Å². The van der Waals surface area contributed by atoms with Crippen molar-refractivity contribution < 1.29 is 19.5 Å². The lowest BCUT2D eigenvalue weighted by Crippen LogP contribution is -2.45. The average Bonchev–Trinajstić information content (AvgIpc) is 2.64. The number of aliphatic carboxylic acids is 1. The van der Waals surface area contributed by atoms with Crippen LogP contribution >= 0.6 is 11.8 Å². The maximum absolute atomic E-state index is 12.3. The van der Waals surface area contributed by atoms with Crippen LogP contribution in [0.2, 0.25) is 0 Å². The first kappa shape index (κ1) is 14.4. The van der Waals surface area contributed by atoms with Crippen LogP contribution in [0.15, 0.2) is 0 Å². The van der Waals surface area contributed by atoms with Gasteiger partial charge in [0.2, 0.25) is 11.8 Å². The van der Waals surface area contributed by atoms with Gasteiger partial charge in [-0.3, -0.25) is 14.5 Å². The van der Waals surface area contributed by atoms with Crippen molar-refractivity contribution >= 4 is 29.5 Å². The molecule has 1 saturated heterocycles. The number of rotatable bonds is 5. The Kier molecular flexibility index (Phi) is 4.50. The average molecular weight is 285 g/mol. The number of amides is 2. The molecule has 2 rings (SSSR count). The molecule has 0 aromatic heterocycles. The Balaban J connectivity index is 2.19. The Morgan fingerprint density at radius 1 is 1.32 bits per heavy atom. The van der Waals surface area contributed by atoms with Gasteiger partial charge in [0.15, 0.2) is 0 Å². The Morgan fingerprint density at radius 2 is 1.84 bits per heavy atom. The molecule has 1 aliphatic heterocycles. The van der Waals surface area contributed by atoms with E-state index in [0.29, 0.717) is 12.2 Å².